The molecule has 0 fully saturated rings. The highest BCUT2D eigenvalue weighted by atomic mass is 32.1. The number of amides is 1. The Hall–Kier alpha value is -3.52. The molecule has 0 radical (unpaired) electrons. The molecule has 0 unspecified atom stereocenters. The van der Waals surface area contributed by atoms with Gasteiger partial charge in [-0.05, 0) is 62.6 Å². The lowest BCUT2D eigenvalue weighted by molar-refractivity contribution is 0.0954. The Morgan fingerprint density at radius 1 is 1.03 bits per heavy atom. The van der Waals surface area contributed by atoms with Crippen molar-refractivity contribution in [2.75, 3.05) is 6.61 Å². The number of nitrogens with one attached hydrogen (secondary N) is 1. The summed E-state index contributed by atoms with van der Waals surface area (Å²) in [7, 11) is 0. The van der Waals surface area contributed by atoms with Gasteiger partial charge in [0.25, 0.3) is 5.91 Å². The number of hydrogen-bond acceptors (Lipinski definition) is 6. The average Bonchev–Trinajstić information content (AvgIpc) is 3.41. The second-order valence-electron chi connectivity index (χ2n) is 7.65. The highest BCUT2D eigenvalue weighted by Gasteiger charge is 2.20. The van der Waals surface area contributed by atoms with Crippen LogP contribution in [0.25, 0.3) is 16.4 Å². The number of ether oxygens (including phenoxy) is 1. The van der Waals surface area contributed by atoms with Crippen molar-refractivity contribution in [2.45, 2.75) is 40.7 Å². The van der Waals surface area contributed by atoms with Crippen LogP contribution in [0, 0.1) is 13.8 Å². The van der Waals surface area contributed by atoms with E-state index in [2.05, 4.69) is 39.7 Å². The normalized spacial score (nSPS) is 10.9. The van der Waals surface area contributed by atoms with E-state index in [0.717, 1.165) is 29.1 Å². The average molecular weight is 462 g/mol. The van der Waals surface area contributed by atoms with E-state index < -0.39 is 0 Å². The second kappa shape index (κ2) is 9.95. The zero-order chi connectivity index (χ0) is 23.4. The van der Waals surface area contributed by atoms with Crippen LogP contribution in [0.5, 0.6) is 5.75 Å². The van der Waals surface area contributed by atoms with Crippen LogP contribution < -0.4 is 10.1 Å². The van der Waals surface area contributed by atoms with E-state index in [9.17, 15) is 4.79 Å². The number of aromatic nitrogens is 4. The summed E-state index contributed by atoms with van der Waals surface area (Å²) in [5.41, 5.74) is 5.44. The molecule has 4 aromatic rings. The first-order valence-corrected chi connectivity index (χ1v) is 11.8. The minimum absolute atomic E-state index is 0.132. The van der Waals surface area contributed by atoms with E-state index in [0.29, 0.717) is 34.4 Å². The third kappa shape index (κ3) is 4.96. The molecule has 0 saturated heterocycles. The molecule has 2 aromatic carbocycles. The van der Waals surface area contributed by atoms with Crippen molar-refractivity contribution in [1.29, 1.82) is 0 Å². The molecule has 0 bridgehead atoms. The van der Waals surface area contributed by atoms with Crippen LogP contribution >= 0.6 is 11.3 Å². The van der Waals surface area contributed by atoms with Crippen molar-refractivity contribution in [2.24, 2.45) is 0 Å². The van der Waals surface area contributed by atoms with Gasteiger partial charge in [-0.25, -0.2) is 9.67 Å². The molecular formula is C25H27N5O2S. The van der Waals surface area contributed by atoms with Gasteiger partial charge < -0.3 is 10.1 Å². The fraction of sp³-hybridized carbons (Fsp3) is 0.280. The number of thiazole rings is 1. The number of aryl methyl sites for hydroxylation is 2. The molecule has 0 saturated carbocycles. The molecule has 33 heavy (non-hydrogen) atoms. The van der Waals surface area contributed by atoms with Gasteiger partial charge in [-0.15, -0.1) is 16.4 Å². The van der Waals surface area contributed by atoms with Crippen molar-refractivity contribution < 1.29 is 9.53 Å². The summed E-state index contributed by atoms with van der Waals surface area (Å²) in [6.07, 6.45) is 0.998. The van der Waals surface area contributed by atoms with E-state index in [-0.39, 0.29) is 5.91 Å². The molecule has 0 aliphatic rings. The van der Waals surface area contributed by atoms with Gasteiger partial charge in [0.2, 0.25) is 0 Å². The van der Waals surface area contributed by atoms with Crippen molar-refractivity contribution in [3.8, 4) is 22.1 Å². The van der Waals surface area contributed by atoms with Crippen LogP contribution in [0.15, 0.2) is 48.5 Å². The second-order valence-corrected chi connectivity index (χ2v) is 8.65. The van der Waals surface area contributed by atoms with Crippen LogP contribution in [-0.4, -0.2) is 32.5 Å². The van der Waals surface area contributed by atoms with Crippen molar-refractivity contribution >= 4 is 17.2 Å². The van der Waals surface area contributed by atoms with Gasteiger partial charge in [0.1, 0.15) is 21.3 Å². The molecule has 0 atom stereocenters. The molecule has 7 nitrogen and oxygen atoms in total. The van der Waals surface area contributed by atoms with Crippen LogP contribution in [-0.2, 0) is 13.0 Å². The summed E-state index contributed by atoms with van der Waals surface area (Å²) in [5.74, 6) is 0.680. The van der Waals surface area contributed by atoms with Crippen LogP contribution in [0.1, 0.15) is 46.0 Å². The van der Waals surface area contributed by atoms with E-state index in [4.69, 9.17) is 4.74 Å². The Balaban J connectivity index is 1.50. The lowest BCUT2D eigenvalue weighted by atomic mass is 10.1. The van der Waals surface area contributed by atoms with Crippen LogP contribution in [0.3, 0.4) is 0 Å². The molecule has 1 amide bonds. The highest BCUT2D eigenvalue weighted by Crippen LogP contribution is 2.29. The lowest BCUT2D eigenvalue weighted by Gasteiger charge is -2.06. The third-order valence-corrected chi connectivity index (χ3v) is 6.54. The molecule has 8 heteroatoms. The summed E-state index contributed by atoms with van der Waals surface area (Å²) >= 11 is 1.33. The largest absolute Gasteiger partial charge is 0.494 e. The SMILES string of the molecule is CCOc1ccc(-n2nnc(-c3nc(C)c(C(=O)NCc4ccc(CC)cc4)s3)c2C)cc1. The summed E-state index contributed by atoms with van der Waals surface area (Å²) in [6.45, 7) is 8.97. The summed E-state index contributed by atoms with van der Waals surface area (Å²) < 4.78 is 7.27. The standard InChI is InChI=1S/C25H27N5O2S/c1-5-18-7-9-19(10-8-18)15-26-24(31)23-16(3)27-25(33-23)22-17(4)30(29-28-22)20-11-13-21(14-12-20)32-6-2/h7-14H,5-6,15H2,1-4H3,(H,26,31). The smallest absolute Gasteiger partial charge is 0.263 e. The van der Waals surface area contributed by atoms with Crippen LogP contribution in [0.4, 0.5) is 0 Å². The number of benzene rings is 2. The maximum absolute atomic E-state index is 12.8. The number of nitrogens with zero attached hydrogens (tertiary/aromatic N) is 4. The molecule has 0 spiro atoms. The quantitative estimate of drug-likeness (QED) is 0.404. The minimum Gasteiger partial charge on any atom is -0.494 e. The van der Waals surface area contributed by atoms with Crippen molar-refractivity contribution in [1.82, 2.24) is 25.3 Å². The summed E-state index contributed by atoms with van der Waals surface area (Å²) in [4.78, 5) is 18.0. The minimum atomic E-state index is -0.132. The Kier molecular flexibility index (Phi) is 6.84. The Morgan fingerprint density at radius 3 is 2.39 bits per heavy atom. The first kappa shape index (κ1) is 22.7. The molecule has 2 aromatic heterocycles. The van der Waals surface area contributed by atoms with Crippen molar-refractivity contribution in [3.05, 3.63) is 75.9 Å². The molecule has 1 N–H and O–H groups in total. The monoisotopic (exact) mass is 461 g/mol. The maximum atomic E-state index is 12.8. The van der Waals surface area contributed by atoms with E-state index in [1.807, 2.05) is 57.2 Å². The number of hydrogen-bond donors (Lipinski definition) is 1. The van der Waals surface area contributed by atoms with E-state index in [1.54, 1.807) is 4.68 Å². The Bertz CT molecular complexity index is 1240. The predicted molar refractivity (Wildman–Crippen MR) is 130 cm³/mol. The van der Waals surface area contributed by atoms with Gasteiger partial charge in [0.15, 0.2) is 0 Å². The third-order valence-electron chi connectivity index (χ3n) is 5.38. The first-order chi connectivity index (χ1) is 16.0. The van der Waals surface area contributed by atoms with Gasteiger partial charge >= 0.3 is 0 Å². The molecule has 0 aliphatic carbocycles. The summed E-state index contributed by atoms with van der Waals surface area (Å²) in [6, 6.07) is 16.0. The van der Waals surface area contributed by atoms with Crippen molar-refractivity contribution in [3.63, 3.8) is 0 Å². The summed E-state index contributed by atoms with van der Waals surface area (Å²) in [5, 5.41) is 12.3. The fourth-order valence-corrected chi connectivity index (χ4v) is 4.51. The molecule has 170 valence electrons. The van der Waals surface area contributed by atoms with Crippen LogP contribution in [0.2, 0.25) is 0 Å². The van der Waals surface area contributed by atoms with E-state index in [1.165, 1.54) is 16.9 Å². The predicted octanol–water partition coefficient (Wildman–Crippen LogP) is 4.90. The van der Waals surface area contributed by atoms with Gasteiger partial charge in [-0.3, -0.25) is 4.79 Å². The Labute approximate surface area is 197 Å². The highest BCUT2D eigenvalue weighted by molar-refractivity contribution is 7.17. The maximum Gasteiger partial charge on any atom is 0.263 e. The molecule has 0 aliphatic heterocycles. The topological polar surface area (TPSA) is 81.9 Å². The van der Waals surface area contributed by atoms with Gasteiger partial charge in [0.05, 0.1) is 23.7 Å². The number of carbonyl (C=O) groups is 1. The van der Waals surface area contributed by atoms with Gasteiger partial charge in [0, 0.05) is 6.54 Å². The van der Waals surface area contributed by atoms with E-state index >= 15 is 0 Å². The number of carbonyl (C=O) groups excluding carboxylic acids is 1. The van der Waals surface area contributed by atoms with Gasteiger partial charge in [-0.1, -0.05) is 36.4 Å². The van der Waals surface area contributed by atoms with Gasteiger partial charge in [-0.2, -0.15) is 0 Å². The zero-order valence-corrected chi connectivity index (χ0v) is 20.1. The molecule has 2 heterocycles. The fourth-order valence-electron chi connectivity index (χ4n) is 3.49. The number of rotatable bonds is 8. The molecular weight excluding hydrogens is 434 g/mol. The first-order valence-electron chi connectivity index (χ1n) is 11.0. The zero-order valence-electron chi connectivity index (χ0n) is 19.3. The lowest BCUT2D eigenvalue weighted by Crippen LogP contribution is -2.22. The molecule has 4 rings (SSSR count). The Morgan fingerprint density at radius 2 is 1.73 bits per heavy atom.